The minimum Gasteiger partial charge on any atom is -0.294 e. The quantitative estimate of drug-likeness (QED) is 0.769. The zero-order valence-corrected chi connectivity index (χ0v) is 11.1. The van der Waals surface area contributed by atoms with Crippen molar-refractivity contribution in [1.29, 1.82) is 0 Å². The molecule has 19 heavy (non-hydrogen) atoms. The Morgan fingerprint density at radius 2 is 2.05 bits per heavy atom. The Bertz CT molecular complexity index is 563. The van der Waals surface area contributed by atoms with E-state index >= 15 is 0 Å². The number of carbonyl (C=O) groups is 1. The highest BCUT2D eigenvalue weighted by atomic mass is 19.1. The molecule has 1 atom stereocenters. The number of rotatable bonds is 5. The molecular formula is C15H17FN2O. The van der Waals surface area contributed by atoms with Crippen molar-refractivity contribution in [1.82, 2.24) is 9.78 Å². The summed E-state index contributed by atoms with van der Waals surface area (Å²) in [5.74, 6) is -0.936. The van der Waals surface area contributed by atoms with E-state index in [0.29, 0.717) is 5.69 Å². The highest BCUT2D eigenvalue weighted by Gasteiger charge is 2.22. The number of hydrogen-bond donors (Lipinski definition) is 0. The van der Waals surface area contributed by atoms with Crippen LogP contribution in [0.1, 0.15) is 37.0 Å². The van der Waals surface area contributed by atoms with Crippen molar-refractivity contribution in [3.05, 3.63) is 48.0 Å². The van der Waals surface area contributed by atoms with E-state index in [-0.39, 0.29) is 17.3 Å². The minimum atomic E-state index is -0.584. The molecule has 0 aliphatic carbocycles. The van der Waals surface area contributed by atoms with Crippen LogP contribution < -0.4 is 0 Å². The van der Waals surface area contributed by atoms with Gasteiger partial charge in [0, 0.05) is 5.92 Å². The average Bonchev–Trinajstić information content (AvgIpc) is 2.81. The number of para-hydroxylation sites is 1. The first kappa shape index (κ1) is 13.5. The van der Waals surface area contributed by atoms with Crippen LogP contribution in [0.3, 0.4) is 0 Å². The van der Waals surface area contributed by atoms with Gasteiger partial charge in [0.25, 0.3) is 0 Å². The molecule has 1 heterocycles. The number of hydrogen-bond acceptors (Lipinski definition) is 2. The van der Waals surface area contributed by atoms with E-state index in [4.69, 9.17) is 0 Å². The lowest BCUT2D eigenvalue weighted by molar-refractivity contribution is 0.0919. The van der Waals surface area contributed by atoms with E-state index < -0.39 is 5.95 Å². The molecule has 2 rings (SSSR count). The first-order valence-corrected chi connectivity index (χ1v) is 6.48. The summed E-state index contributed by atoms with van der Waals surface area (Å²) >= 11 is 0. The van der Waals surface area contributed by atoms with Crippen molar-refractivity contribution < 1.29 is 9.18 Å². The van der Waals surface area contributed by atoms with Gasteiger partial charge in [-0.05, 0) is 18.6 Å². The third-order valence-electron chi connectivity index (χ3n) is 3.15. The molecule has 0 saturated carbocycles. The topological polar surface area (TPSA) is 34.9 Å². The third-order valence-corrected chi connectivity index (χ3v) is 3.15. The molecule has 0 spiro atoms. The normalized spacial score (nSPS) is 12.4. The van der Waals surface area contributed by atoms with Crippen LogP contribution in [0.4, 0.5) is 4.39 Å². The van der Waals surface area contributed by atoms with Crippen LogP contribution in [0.15, 0.2) is 36.5 Å². The van der Waals surface area contributed by atoms with Gasteiger partial charge in [-0.1, -0.05) is 38.5 Å². The molecular weight excluding hydrogens is 243 g/mol. The Kier molecular flexibility index (Phi) is 4.10. The number of carbonyl (C=O) groups excluding carboxylic acids is 1. The third kappa shape index (κ3) is 2.72. The van der Waals surface area contributed by atoms with Gasteiger partial charge in [-0.2, -0.15) is 9.49 Å². The van der Waals surface area contributed by atoms with Crippen molar-refractivity contribution in [2.45, 2.75) is 26.7 Å². The SMILES string of the molecule is CCCC(C)C(=O)c1cnn(-c2ccccc2)c1F. The van der Waals surface area contributed by atoms with E-state index in [2.05, 4.69) is 5.10 Å². The molecule has 0 aliphatic rings. The Hall–Kier alpha value is -1.97. The van der Waals surface area contributed by atoms with Crippen LogP contribution >= 0.6 is 0 Å². The molecule has 0 fully saturated rings. The van der Waals surface area contributed by atoms with E-state index in [9.17, 15) is 9.18 Å². The number of nitrogens with zero attached hydrogens (tertiary/aromatic N) is 2. The second kappa shape index (κ2) is 5.78. The van der Waals surface area contributed by atoms with Gasteiger partial charge < -0.3 is 0 Å². The first-order chi connectivity index (χ1) is 9.15. The van der Waals surface area contributed by atoms with Crippen LogP contribution in [0.5, 0.6) is 0 Å². The van der Waals surface area contributed by atoms with Crippen LogP contribution in [-0.2, 0) is 0 Å². The largest absolute Gasteiger partial charge is 0.294 e. The summed E-state index contributed by atoms with van der Waals surface area (Å²) in [7, 11) is 0. The Morgan fingerprint density at radius 1 is 1.37 bits per heavy atom. The van der Waals surface area contributed by atoms with Crippen LogP contribution in [0.25, 0.3) is 5.69 Å². The highest BCUT2D eigenvalue weighted by molar-refractivity contribution is 5.97. The summed E-state index contributed by atoms with van der Waals surface area (Å²) in [4.78, 5) is 12.1. The summed E-state index contributed by atoms with van der Waals surface area (Å²) in [6.45, 7) is 3.83. The van der Waals surface area contributed by atoms with Gasteiger partial charge in [-0.25, -0.2) is 4.68 Å². The Morgan fingerprint density at radius 3 is 2.68 bits per heavy atom. The monoisotopic (exact) mass is 260 g/mol. The minimum absolute atomic E-state index is 0.0739. The van der Waals surface area contributed by atoms with Crippen LogP contribution in [0.2, 0.25) is 0 Å². The maximum atomic E-state index is 14.2. The van der Waals surface area contributed by atoms with Gasteiger partial charge in [0.2, 0.25) is 5.95 Å². The predicted molar refractivity (Wildman–Crippen MR) is 71.9 cm³/mol. The Balaban J connectivity index is 2.31. The summed E-state index contributed by atoms with van der Waals surface area (Å²) in [5.41, 5.74) is 0.687. The maximum absolute atomic E-state index is 14.2. The lowest BCUT2D eigenvalue weighted by Crippen LogP contribution is -2.12. The molecule has 1 aromatic carbocycles. The standard InChI is InChI=1S/C15H17FN2O/c1-3-7-11(2)14(19)13-10-17-18(15(13)16)12-8-5-4-6-9-12/h4-6,8-11H,3,7H2,1-2H3. The van der Waals surface area contributed by atoms with E-state index in [1.807, 2.05) is 19.9 Å². The van der Waals surface area contributed by atoms with Gasteiger partial charge >= 0.3 is 0 Å². The molecule has 0 saturated heterocycles. The molecule has 4 heteroatoms. The smallest absolute Gasteiger partial charge is 0.227 e. The van der Waals surface area contributed by atoms with E-state index in [1.165, 1.54) is 6.20 Å². The number of benzene rings is 1. The number of aromatic nitrogens is 2. The number of halogens is 1. The summed E-state index contributed by atoms with van der Waals surface area (Å²) in [5, 5.41) is 3.97. The number of ketones is 1. The van der Waals surface area contributed by atoms with Gasteiger partial charge in [-0.3, -0.25) is 4.79 Å². The molecule has 1 aromatic heterocycles. The molecule has 2 aromatic rings. The zero-order chi connectivity index (χ0) is 13.8. The fourth-order valence-corrected chi connectivity index (χ4v) is 2.08. The molecule has 100 valence electrons. The Labute approximate surface area is 112 Å². The van der Waals surface area contributed by atoms with Gasteiger partial charge in [0.1, 0.15) is 0 Å². The van der Waals surface area contributed by atoms with Crippen molar-refractivity contribution in [2.24, 2.45) is 5.92 Å². The van der Waals surface area contributed by atoms with Gasteiger partial charge in [-0.15, -0.1) is 0 Å². The van der Waals surface area contributed by atoms with Crippen LogP contribution in [0, 0.1) is 11.9 Å². The lowest BCUT2D eigenvalue weighted by atomic mass is 9.97. The summed E-state index contributed by atoms with van der Waals surface area (Å²) in [6.07, 6.45) is 2.98. The molecule has 0 amide bonds. The van der Waals surface area contributed by atoms with Crippen molar-refractivity contribution in [3.63, 3.8) is 0 Å². The fraction of sp³-hybridized carbons (Fsp3) is 0.333. The number of Topliss-reactive ketones (excluding diaryl/α,β-unsaturated/α-hetero) is 1. The molecule has 0 radical (unpaired) electrons. The predicted octanol–water partition coefficient (Wildman–Crippen LogP) is 3.63. The van der Waals surface area contributed by atoms with Gasteiger partial charge in [0.15, 0.2) is 5.78 Å². The molecule has 0 aliphatic heterocycles. The highest BCUT2D eigenvalue weighted by Crippen LogP contribution is 2.18. The first-order valence-electron chi connectivity index (χ1n) is 6.48. The molecule has 0 N–H and O–H groups in total. The molecule has 3 nitrogen and oxygen atoms in total. The lowest BCUT2D eigenvalue weighted by Gasteiger charge is -2.07. The van der Waals surface area contributed by atoms with Crippen molar-refractivity contribution >= 4 is 5.78 Å². The summed E-state index contributed by atoms with van der Waals surface area (Å²) < 4.78 is 15.4. The van der Waals surface area contributed by atoms with E-state index in [0.717, 1.165) is 17.5 Å². The second-order valence-corrected chi connectivity index (χ2v) is 4.65. The zero-order valence-electron chi connectivity index (χ0n) is 11.1. The fourth-order valence-electron chi connectivity index (χ4n) is 2.08. The van der Waals surface area contributed by atoms with Gasteiger partial charge in [0.05, 0.1) is 17.4 Å². The van der Waals surface area contributed by atoms with E-state index in [1.54, 1.807) is 24.3 Å². The average molecular weight is 260 g/mol. The van der Waals surface area contributed by atoms with Crippen molar-refractivity contribution in [3.8, 4) is 5.69 Å². The maximum Gasteiger partial charge on any atom is 0.227 e. The summed E-state index contributed by atoms with van der Waals surface area (Å²) in [6, 6.07) is 8.95. The van der Waals surface area contributed by atoms with Crippen molar-refractivity contribution in [2.75, 3.05) is 0 Å². The van der Waals surface area contributed by atoms with Crippen LogP contribution in [-0.4, -0.2) is 15.6 Å². The second-order valence-electron chi connectivity index (χ2n) is 4.65. The molecule has 0 bridgehead atoms. The molecule has 1 unspecified atom stereocenters.